The van der Waals surface area contributed by atoms with Gasteiger partial charge in [0.05, 0.1) is 43.7 Å². The van der Waals surface area contributed by atoms with Crippen LogP contribution in [0.1, 0.15) is 98.8 Å². The van der Waals surface area contributed by atoms with E-state index in [4.69, 9.17) is 14.6 Å². The molecule has 10 nitrogen and oxygen atoms in total. The van der Waals surface area contributed by atoms with Crippen LogP contribution in [0.5, 0.6) is 0 Å². The first-order valence-corrected chi connectivity index (χ1v) is 17.2. The summed E-state index contributed by atoms with van der Waals surface area (Å²) >= 11 is 0. The van der Waals surface area contributed by atoms with Crippen LogP contribution in [0, 0.1) is 17.3 Å². The molecule has 0 amide bonds. The third-order valence-electron chi connectivity index (χ3n) is 9.64. The lowest BCUT2D eigenvalue weighted by Gasteiger charge is -2.56. The van der Waals surface area contributed by atoms with E-state index in [1.54, 1.807) is 6.92 Å². The molecule has 0 aliphatic carbocycles. The molecule has 10 heteroatoms. The van der Waals surface area contributed by atoms with Crippen LogP contribution >= 0.6 is 0 Å². The molecule has 0 spiro atoms. The van der Waals surface area contributed by atoms with Crippen molar-refractivity contribution < 1.29 is 40.1 Å². The molecule has 260 valence electrons. The first kappa shape index (κ1) is 39.5. The summed E-state index contributed by atoms with van der Waals surface area (Å²) in [6.07, 6.45) is 8.01. The molecule has 9 atom stereocenters. The van der Waals surface area contributed by atoms with Crippen molar-refractivity contribution in [3.63, 3.8) is 0 Å². The molecule has 2 fully saturated rings. The first-order chi connectivity index (χ1) is 20.9. The molecule has 2 heterocycles. The molecule has 8 N–H and O–H groups in total. The summed E-state index contributed by atoms with van der Waals surface area (Å²) in [5, 5.41) is 70.1. The van der Waals surface area contributed by atoms with E-state index in [9.17, 15) is 25.5 Å². The summed E-state index contributed by atoms with van der Waals surface area (Å²) < 4.78 is 12.6. The fourth-order valence-corrected chi connectivity index (χ4v) is 6.98. The number of nitrogens with one attached hydrogen (secondary N) is 2. The van der Waals surface area contributed by atoms with Crippen molar-refractivity contribution in [2.45, 2.75) is 147 Å². The van der Waals surface area contributed by atoms with E-state index in [0.29, 0.717) is 26.2 Å². The maximum absolute atomic E-state index is 11.5. The third kappa shape index (κ3) is 11.9. The normalized spacial score (nSPS) is 33.5. The zero-order valence-electron chi connectivity index (χ0n) is 28.2. The van der Waals surface area contributed by atoms with Crippen LogP contribution < -0.4 is 10.6 Å². The SMILES string of the molecule is CC(C)CCCCCCCCC/C=C\C1(C)OC(CO)C(C(C)(C)C2O[C@H](CNCCNCCO)C[C@H](O)[C@H]2O)[C@H](O)C1O. The minimum absolute atomic E-state index is 0.0707. The van der Waals surface area contributed by atoms with E-state index in [1.807, 2.05) is 26.0 Å². The van der Waals surface area contributed by atoms with E-state index in [-0.39, 0.29) is 25.7 Å². The van der Waals surface area contributed by atoms with Crippen LogP contribution in [0.4, 0.5) is 0 Å². The molecule has 0 radical (unpaired) electrons. The van der Waals surface area contributed by atoms with Gasteiger partial charge in [-0.05, 0) is 25.7 Å². The van der Waals surface area contributed by atoms with E-state index in [2.05, 4.69) is 24.5 Å². The standard InChI is InChI=1S/C34H66N2O8/c1-24(2)15-13-11-9-7-6-8-10-12-14-16-34(5)31(42)30(41)28(27(23-38)44-34)33(3,4)32-29(40)26(39)21-25(43-32)22-36-18-17-35-19-20-37/h14,16,24-32,35-42H,6-13,15,17-23H2,1-5H3/b16-14-/t25-,26-,27?,28?,29+,30-,31?,32?,34?/m0/s1. The Labute approximate surface area is 266 Å². The van der Waals surface area contributed by atoms with E-state index in [1.165, 1.54) is 38.5 Å². The lowest BCUT2D eigenvalue weighted by molar-refractivity contribution is -0.282. The summed E-state index contributed by atoms with van der Waals surface area (Å²) in [4.78, 5) is 0. The summed E-state index contributed by atoms with van der Waals surface area (Å²) in [5.41, 5.74) is -2.16. The lowest BCUT2D eigenvalue weighted by atomic mass is 9.63. The smallest absolute Gasteiger partial charge is 0.112 e. The van der Waals surface area contributed by atoms with Crippen LogP contribution in [0.3, 0.4) is 0 Å². The number of allylic oxidation sites excluding steroid dienone is 1. The Kier molecular flexibility index (Phi) is 17.8. The summed E-state index contributed by atoms with van der Waals surface area (Å²) in [6, 6.07) is 0. The number of ether oxygens (including phenoxy) is 2. The Bertz CT molecular complexity index is 797. The van der Waals surface area contributed by atoms with Gasteiger partial charge < -0.3 is 50.7 Å². The van der Waals surface area contributed by atoms with Gasteiger partial charge >= 0.3 is 0 Å². The maximum atomic E-state index is 11.5. The van der Waals surface area contributed by atoms with Crippen molar-refractivity contribution in [3.8, 4) is 0 Å². The molecular weight excluding hydrogens is 564 g/mol. The average Bonchev–Trinajstić information content (AvgIpc) is 2.97. The van der Waals surface area contributed by atoms with Gasteiger partial charge in [-0.3, -0.25) is 0 Å². The molecule has 2 saturated heterocycles. The van der Waals surface area contributed by atoms with Gasteiger partial charge in [0, 0.05) is 43.9 Å². The van der Waals surface area contributed by atoms with Crippen molar-refractivity contribution in [2.24, 2.45) is 17.3 Å². The molecule has 44 heavy (non-hydrogen) atoms. The summed E-state index contributed by atoms with van der Waals surface area (Å²) in [5.74, 6) is 0.0119. The lowest BCUT2D eigenvalue weighted by Crippen LogP contribution is -2.67. The minimum Gasteiger partial charge on any atom is -0.395 e. The van der Waals surface area contributed by atoms with Gasteiger partial charge in [-0.15, -0.1) is 0 Å². The zero-order chi connectivity index (χ0) is 32.8. The molecule has 2 rings (SSSR count). The number of aliphatic hydroxyl groups is 6. The second-order valence-corrected chi connectivity index (χ2v) is 14.3. The highest BCUT2D eigenvalue weighted by molar-refractivity contribution is 5.13. The Morgan fingerprint density at radius 1 is 0.886 bits per heavy atom. The molecule has 0 saturated carbocycles. The number of hydrogen-bond acceptors (Lipinski definition) is 10. The molecule has 5 unspecified atom stereocenters. The van der Waals surface area contributed by atoms with Gasteiger partial charge in [0.2, 0.25) is 0 Å². The van der Waals surface area contributed by atoms with Gasteiger partial charge in [-0.2, -0.15) is 0 Å². The van der Waals surface area contributed by atoms with Gasteiger partial charge in [0.15, 0.2) is 0 Å². The Hall–Kier alpha value is -0.660. The molecule has 2 aliphatic rings. The summed E-state index contributed by atoms with van der Waals surface area (Å²) in [7, 11) is 0. The molecule has 0 aromatic rings. The van der Waals surface area contributed by atoms with Crippen LogP contribution in [-0.4, -0.2) is 118 Å². The molecule has 0 aromatic carbocycles. The second kappa shape index (κ2) is 19.9. The van der Waals surface area contributed by atoms with Crippen molar-refractivity contribution in [2.75, 3.05) is 39.4 Å². The maximum Gasteiger partial charge on any atom is 0.112 e. The Balaban J connectivity index is 1.94. The quantitative estimate of drug-likeness (QED) is 0.0697. The Morgan fingerprint density at radius 3 is 2.16 bits per heavy atom. The van der Waals surface area contributed by atoms with Crippen LogP contribution in [0.15, 0.2) is 12.2 Å². The van der Waals surface area contributed by atoms with Crippen LogP contribution in [0.25, 0.3) is 0 Å². The van der Waals surface area contributed by atoms with E-state index in [0.717, 1.165) is 25.2 Å². The van der Waals surface area contributed by atoms with Gasteiger partial charge in [-0.25, -0.2) is 0 Å². The van der Waals surface area contributed by atoms with Gasteiger partial charge in [0.25, 0.3) is 0 Å². The molecule has 2 aliphatic heterocycles. The van der Waals surface area contributed by atoms with Gasteiger partial charge in [-0.1, -0.05) is 84.8 Å². The number of aliphatic hydroxyl groups excluding tert-OH is 6. The highest BCUT2D eigenvalue weighted by Gasteiger charge is 2.58. The van der Waals surface area contributed by atoms with Crippen molar-refractivity contribution in [1.82, 2.24) is 10.6 Å². The number of hydrogen-bond donors (Lipinski definition) is 8. The van der Waals surface area contributed by atoms with E-state index < -0.39 is 53.6 Å². The summed E-state index contributed by atoms with van der Waals surface area (Å²) in [6.45, 7) is 11.9. The fraction of sp³-hybridized carbons (Fsp3) is 0.941. The molecule has 0 aromatic heterocycles. The molecule has 0 bridgehead atoms. The highest BCUT2D eigenvalue weighted by Crippen LogP contribution is 2.47. The zero-order valence-corrected chi connectivity index (χ0v) is 28.2. The monoisotopic (exact) mass is 630 g/mol. The minimum atomic E-state index is -1.26. The van der Waals surface area contributed by atoms with Crippen LogP contribution in [0.2, 0.25) is 0 Å². The Morgan fingerprint density at radius 2 is 1.52 bits per heavy atom. The number of rotatable bonds is 21. The predicted molar refractivity (Wildman–Crippen MR) is 173 cm³/mol. The average molecular weight is 631 g/mol. The van der Waals surface area contributed by atoms with Crippen molar-refractivity contribution in [3.05, 3.63) is 12.2 Å². The van der Waals surface area contributed by atoms with Crippen LogP contribution in [-0.2, 0) is 9.47 Å². The third-order valence-corrected chi connectivity index (χ3v) is 9.64. The highest BCUT2D eigenvalue weighted by atomic mass is 16.5. The van der Waals surface area contributed by atoms with Crippen molar-refractivity contribution >= 4 is 0 Å². The second-order valence-electron chi connectivity index (χ2n) is 14.3. The van der Waals surface area contributed by atoms with Gasteiger partial charge in [0.1, 0.15) is 17.8 Å². The largest absolute Gasteiger partial charge is 0.395 e. The van der Waals surface area contributed by atoms with Crippen molar-refractivity contribution in [1.29, 1.82) is 0 Å². The van der Waals surface area contributed by atoms with E-state index >= 15 is 0 Å². The topological polar surface area (TPSA) is 164 Å². The number of unbranched alkanes of at least 4 members (excludes halogenated alkanes) is 7. The molecular formula is C34H66N2O8. The first-order valence-electron chi connectivity index (χ1n) is 17.2. The predicted octanol–water partition coefficient (Wildman–Crippen LogP) is 2.27. The fourth-order valence-electron chi connectivity index (χ4n) is 6.98.